The average molecular weight is 236 g/mol. The minimum Gasteiger partial charge on any atom is -0.495 e. The van der Waals surface area contributed by atoms with Crippen molar-refractivity contribution in [3.05, 3.63) is 24.3 Å². The Morgan fingerprint density at radius 2 is 2.24 bits per heavy atom. The number of nitrogens with one attached hydrogen (secondary N) is 1. The SMILES string of the molecule is COc1ccccc1N(C)CC1CC(O)CN1. The van der Waals surface area contributed by atoms with Gasteiger partial charge in [-0.25, -0.2) is 0 Å². The normalized spacial score (nSPS) is 23.7. The predicted octanol–water partition coefficient (Wildman–Crippen LogP) is 0.854. The van der Waals surface area contributed by atoms with Gasteiger partial charge in [-0.05, 0) is 18.6 Å². The fourth-order valence-electron chi connectivity index (χ4n) is 2.31. The van der Waals surface area contributed by atoms with Crippen LogP contribution in [0.4, 0.5) is 5.69 Å². The van der Waals surface area contributed by atoms with E-state index in [0.29, 0.717) is 12.6 Å². The highest BCUT2D eigenvalue weighted by molar-refractivity contribution is 5.57. The number of β-amino-alcohol motifs (C(OH)–C–C–N with tert-alkyl or cyclic N) is 1. The summed E-state index contributed by atoms with van der Waals surface area (Å²) in [6.07, 6.45) is 0.616. The van der Waals surface area contributed by atoms with Crippen LogP contribution in [0.15, 0.2) is 24.3 Å². The van der Waals surface area contributed by atoms with Gasteiger partial charge in [0.25, 0.3) is 0 Å². The van der Waals surface area contributed by atoms with Crippen molar-refractivity contribution in [2.45, 2.75) is 18.6 Å². The predicted molar refractivity (Wildman–Crippen MR) is 68.7 cm³/mol. The van der Waals surface area contributed by atoms with Crippen LogP contribution in [0.2, 0.25) is 0 Å². The Kier molecular flexibility index (Phi) is 3.86. The van der Waals surface area contributed by atoms with Gasteiger partial charge in [-0.1, -0.05) is 12.1 Å². The van der Waals surface area contributed by atoms with E-state index < -0.39 is 0 Å². The minimum atomic E-state index is -0.203. The van der Waals surface area contributed by atoms with Crippen molar-refractivity contribution in [3.63, 3.8) is 0 Å². The van der Waals surface area contributed by atoms with Crippen molar-refractivity contribution >= 4 is 5.69 Å². The number of hydrogen-bond acceptors (Lipinski definition) is 4. The average Bonchev–Trinajstić information content (AvgIpc) is 2.74. The van der Waals surface area contributed by atoms with Gasteiger partial charge in [-0.2, -0.15) is 0 Å². The number of aliphatic hydroxyl groups is 1. The zero-order chi connectivity index (χ0) is 12.3. The van der Waals surface area contributed by atoms with E-state index in [-0.39, 0.29) is 6.10 Å². The van der Waals surface area contributed by atoms with Gasteiger partial charge in [0.15, 0.2) is 0 Å². The first-order chi connectivity index (χ1) is 8.20. The van der Waals surface area contributed by atoms with Gasteiger partial charge in [-0.3, -0.25) is 0 Å². The summed E-state index contributed by atoms with van der Waals surface area (Å²) in [5.74, 6) is 0.883. The number of ether oxygens (including phenoxy) is 1. The van der Waals surface area contributed by atoms with E-state index in [1.54, 1.807) is 7.11 Å². The number of likely N-dealkylation sites (N-methyl/N-ethyl adjacent to an activating group) is 1. The van der Waals surface area contributed by atoms with Gasteiger partial charge in [0.1, 0.15) is 5.75 Å². The first kappa shape index (κ1) is 12.2. The second-order valence-electron chi connectivity index (χ2n) is 4.55. The number of hydrogen-bond donors (Lipinski definition) is 2. The molecule has 2 unspecified atom stereocenters. The van der Waals surface area contributed by atoms with E-state index >= 15 is 0 Å². The molecule has 0 aliphatic carbocycles. The highest BCUT2D eigenvalue weighted by Gasteiger charge is 2.23. The van der Waals surface area contributed by atoms with Crippen molar-refractivity contribution in [3.8, 4) is 5.75 Å². The summed E-state index contributed by atoms with van der Waals surface area (Å²) in [4.78, 5) is 2.16. The van der Waals surface area contributed by atoms with Gasteiger partial charge < -0.3 is 20.1 Å². The Hall–Kier alpha value is -1.26. The molecule has 0 spiro atoms. The highest BCUT2D eigenvalue weighted by atomic mass is 16.5. The third-order valence-corrected chi connectivity index (χ3v) is 3.19. The largest absolute Gasteiger partial charge is 0.495 e. The quantitative estimate of drug-likeness (QED) is 0.813. The molecule has 1 fully saturated rings. The molecule has 1 heterocycles. The molecule has 1 saturated heterocycles. The lowest BCUT2D eigenvalue weighted by atomic mass is 10.2. The van der Waals surface area contributed by atoms with E-state index in [2.05, 4.69) is 10.2 Å². The Morgan fingerprint density at radius 1 is 1.47 bits per heavy atom. The number of rotatable bonds is 4. The third-order valence-electron chi connectivity index (χ3n) is 3.19. The van der Waals surface area contributed by atoms with Gasteiger partial charge >= 0.3 is 0 Å². The van der Waals surface area contributed by atoms with Crippen LogP contribution in [0, 0.1) is 0 Å². The van der Waals surface area contributed by atoms with Gasteiger partial charge in [0, 0.05) is 26.2 Å². The van der Waals surface area contributed by atoms with Crippen molar-refractivity contribution < 1.29 is 9.84 Å². The van der Waals surface area contributed by atoms with E-state index in [0.717, 1.165) is 24.4 Å². The topological polar surface area (TPSA) is 44.7 Å². The zero-order valence-corrected chi connectivity index (χ0v) is 10.4. The molecular formula is C13H20N2O2. The Bertz CT molecular complexity index is 370. The van der Waals surface area contributed by atoms with Crippen LogP contribution in [0.3, 0.4) is 0 Å². The molecule has 1 aliphatic rings. The lowest BCUT2D eigenvalue weighted by Crippen LogP contribution is -2.35. The molecule has 94 valence electrons. The molecule has 4 heteroatoms. The molecular weight excluding hydrogens is 216 g/mol. The van der Waals surface area contributed by atoms with Gasteiger partial charge in [-0.15, -0.1) is 0 Å². The summed E-state index contributed by atoms with van der Waals surface area (Å²) in [6.45, 7) is 1.57. The highest BCUT2D eigenvalue weighted by Crippen LogP contribution is 2.27. The maximum atomic E-state index is 9.48. The molecule has 0 radical (unpaired) electrons. The summed E-state index contributed by atoms with van der Waals surface area (Å²) in [7, 11) is 3.73. The summed E-state index contributed by atoms with van der Waals surface area (Å²) in [6, 6.07) is 8.33. The monoisotopic (exact) mass is 236 g/mol. The minimum absolute atomic E-state index is 0.203. The van der Waals surface area contributed by atoms with Crippen molar-refractivity contribution in [1.29, 1.82) is 0 Å². The number of para-hydroxylation sites is 2. The number of nitrogens with zero attached hydrogens (tertiary/aromatic N) is 1. The van der Waals surface area contributed by atoms with Crippen LogP contribution < -0.4 is 15.0 Å². The van der Waals surface area contributed by atoms with Crippen LogP contribution >= 0.6 is 0 Å². The lowest BCUT2D eigenvalue weighted by Gasteiger charge is -2.24. The second kappa shape index (κ2) is 5.38. The van der Waals surface area contributed by atoms with Crippen molar-refractivity contribution in [2.75, 3.05) is 32.1 Å². The summed E-state index contributed by atoms with van der Waals surface area (Å²) < 4.78 is 5.34. The van der Waals surface area contributed by atoms with E-state index in [1.165, 1.54) is 0 Å². The number of anilines is 1. The first-order valence-electron chi connectivity index (χ1n) is 5.96. The van der Waals surface area contributed by atoms with E-state index in [1.807, 2.05) is 31.3 Å². The van der Waals surface area contributed by atoms with Crippen molar-refractivity contribution in [2.24, 2.45) is 0 Å². The number of aliphatic hydroxyl groups excluding tert-OH is 1. The zero-order valence-electron chi connectivity index (χ0n) is 10.4. The van der Waals surface area contributed by atoms with Gasteiger partial charge in [0.05, 0.1) is 18.9 Å². The smallest absolute Gasteiger partial charge is 0.142 e. The molecule has 1 aromatic rings. The van der Waals surface area contributed by atoms with Crippen molar-refractivity contribution in [1.82, 2.24) is 5.32 Å². The Morgan fingerprint density at radius 3 is 2.88 bits per heavy atom. The molecule has 0 bridgehead atoms. The fraction of sp³-hybridized carbons (Fsp3) is 0.538. The molecule has 1 aliphatic heterocycles. The van der Waals surface area contributed by atoms with E-state index in [4.69, 9.17) is 4.74 Å². The molecule has 2 atom stereocenters. The fourth-order valence-corrected chi connectivity index (χ4v) is 2.31. The number of methoxy groups -OCH3 is 1. The Labute approximate surface area is 102 Å². The third kappa shape index (κ3) is 2.90. The van der Waals surface area contributed by atoms with E-state index in [9.17, 15) is 5.11 Å². The van der Waals surface area contributed by atoms with Gasteiger partial charge in [0.2, 0.25) is 0 Å². The molecule has 0 saturated carbocycles. The number of benzene rings is 1. The lowest BCUT2D eigenvalue weighted by molar-refractivity contribution is 0.193. The standard InChI is InChI=1S/C13H20N2O2/c1-15(9-10-7-11(16)8-14-10)12-5-3-4-6-13(12)17-2/h3-6,10-11,14,16H,7-9H2,1-2H3. The molecule has 2 rings (SSSR count). The maximum Gasteiger partial charge on any atom is 0.142 e. The van der Waals surface area contributed by atoms with Crippen LogP contribution in [0.1, 0.15) is 6.42 Å². The van der Waals surface area contributed by atoms with Crippen LogP contribution in [-0.4, -0.2) is 44.5 Å². The first-order valence-corrected chi connectivity index (χ1v) is 5.96. The van der Waals surface area contributed by atoms with Crippen LogP contribution in [0.25, 0.3) is 0 Å². The van der Waals surface area contributed by atoms with Crippen LogP contribution in [-0.2, 0) is 0 Å². The molecule has 17 heavy (non-hydrogen) atoms. The Balaban J connectivity index is 2.01. The maximum absolute atomic E-state index is 9.48. The molecule has 0 aromatic heterocycles. The summed E-state index contributed by atoms with van der Waals surface area (Å²) in [5, 5.41) is 12.8. The molecule has 1 aromatic carbocycles. The second-order valence-corrected chi connectivity index (χ2v) is 4.55. The molecule has 2 N–H and O–H groups in total. The molecule has 4 nitrogen and oxygen atoms in total. The summed E-state index contributed by atoms with van der Waals surface area (Å²) in [5.41, 5.74) is 1.08. The summed E-state index contributed by atoms with van der Waals surface area (Å²) >= 11 is 0. The molecule has 0 amide bonds. The van der Waals surface area contributed by atoms with Crippen LogP contribution in [0.5, 0.6) is 5.75 Å².